The molecule has 142 valence electrons. The van der Waals surface area contributed by atoms with Crippen LogP contribution >= 0.6 is 27.3 Å². The van der Waals surface area contributed by atoms with Gasteiger partial charge in [-0.1, -0.05) is 12.8 Å². The Labute approximate surface area is 167 Å². The molecule has 0 aromatic carbocycles. The molecular formula is C19H26BrN3O2S. The van der Waals surface area contributed by atoms with E-state index in [1.807, 2.05) is 22.4 Å². The predicted octanol–water partition coefficient (Wildman–Crippen LogP) is 2.97. The van der Waals surface area contributed by atoms with Crippen LogP contribution in [0.3, 0.4) is 0 Å². The van der Waals surface area contributed by atoms with Gasteiger partial charge in [0.1, 0.15) is 0 Å². The van der Waals surface area contributed by atoms with Crippen molar-refractivity contribution < 1.29 is 9.59 Å². The van der Waals surface area contributed by atoms with Crippen LogP contribution in [0, 0.1) is 5.92 Å². The second-order valence-corrected chi connectivity index (χ2v) is 9.25. The summed E-state index contributed by atoms with van der Waals surface area (Å²) in [4.78, 5) is 28.7. The van der Waals surface area contributed by atoms with Crippen LogP contribution in [0.15, 0.2) is 21.3 Å². The lowest BCUT2D eigenvalue weighted by atomic mass is 10.1. The van der Waals surface area contributed by atoms with Gasteiger partial charge in [-0.3, -0.25) is 14.5 Å². The van der Waals surface area contributed by atoms with Crippen LogP contribution in [-0.4, -0.2) is 60.9 Å². The minimum atomic E-state index is -0.0673. The van der Waals surface area contributed by atoms with Crippen molar-refractivity contribution in [3.63, 3.8) is 0 Å². The number of hydrogen-bond donors (Lipinski definition) is 1. The van der Waals surface area contributed by atoms with E-state index in [4.69, 9.17) is 0 Å². The molecule has 1 aliphatic heterocycles. The fraction of sp³-hybridized carbons (Fsp3) is 0.579. The molecular weight excluding hydrogens is 414 g/mol. The van der Waals surface area contributed by atoms with Crippen molar-refractivity contribution in [1.82, 2.24) is 15.1 Å². The van der Waals surface area contributed by atoms with Crippen LogP contribution in [-0.2, 0) is 9.59 Å². The molecule has 1 aliphatic carbocycles. The van der Waals surface area contributed by atoms with Crippen LogP contribution in [0.2, 0.25) is 0 Å². The van der Waals surface area contributed by atoms with Crippen LogP contribution in [0.5, 0.6) is 0 Å². The Hall–Kier alpha value is -1.18. The highest BCUT2D eigenvalue weighted by Gasteiger charge is 2.29. The lowest BCUT2D eigenvalue weighted by Crippen LogP contribution is -2.51. The van der Waals surface area contributed by atoms with E-state index in [-0.39, 0.29) is 11.8 Å². The maximum Gasteiger partial charge on any atom is 0.244 e. The van der Waals surface area contributed by atoms with Gasteiger partial charge in [-0.2, -0.15) is 0 Å². The van der Waals surface area contributed by atoms with Gasteiger partial charge in [0, 0.05) is 51.3 Å². The molecule has 0 unspecified atom stereocenters. The first kappa shape index (κ1) is 19.6. The van der Waals surface area contributed by atoms with E-state index < -0.39 is 0 Å². The highest BCUT2D eigenvalue weighted by atomic mass is 79.9. The molecule has 5 nitrogen and oxygen atoms in total. The molecule has 1 aromatic heterocycles. The zero-order valence-electron chi connectivity index (χ0n) is 15.0. The van der Waals surface area contributed by atoms with E-state index in [9.17, 15) is 9.59 Å². The molecule has 0 radical (unpaired) electrons. The van der Waals surface area contributed by atoms with Crippen LogP contribution in [0.1, 0.15) is 31.2 Å². The third-order valence-electron chi connectivity index (χ3n) is 5.13. The molecule has 1 saturated carbocycles. The molecule has 2 fully saturated rings. The molecule has 2 heterocycles. The van der Waals surface area contributed by atoms with E-state index in [0.717, 1.165) is 54.9 Å². The van der Waals surface area contributed by atoms with Gasteiger partial charge in [-0.15, -0.1) is 11.3 Å². The van der Waals surface area contributed by atoms with Gasteiger partial charge in [0.25, 0.3) is 0 Å². The predicted molar refractivity (Wildman–Crippen MR) is 109 cm³/mol. The van der Waals surface area contributed by atoms with Crippen LogP contribution in [0.4, 0.5) is 0 Å². The first-order valence-electron chi connectivity index (χ1n) is 9.33. The molecule has 0 bridgehead atoms. The molecule has 7 heteroatoms. The summed E-state index contributed by atoms with van der Waals surface area (Å²) in [7, 11) is 0. The number of carbonyl (C=O) groups is 2. The maximum atomic E-state index is 12.4. The lowest BCUT2D eigenvalue weighted by molar-refractivity contribution is -0.137. The van der Waals surface area contributed by atoms with E-state index in [0.29, 0.717) is 12.5 Å². The maximum absolute atomic E-state index is 12.4. The molecule has 1 N–H and O–H groups in total. The summed E-state index contributed by atoms with van der Waals surface area (Å²) in [5, 5.41) is 4.93. The number of carbonyl (C=O) groups excluding carboxylic acids is 2. The van der Waals surface area contributed by atoms with Crippen molar-refractivity contribution in [2.75, 3.05) is 39.3 Å². The van der Waals surface area contributed by atoms with Gasteiger partial charge >= 0.3 is 0 Å². The van der Waals surface area contributed by atoms with E-state index in [2.05, 4.69) is 26.1 Å². The molecule has 1 saturated heterocycles. The standard InChI is InChI=1S/C19H26BrN3O2S/c20-17-13-15(14-26-17)5-6-18(24)21-7-8-22-9-11-23(12-10-22)19(25)16-3-1-2-4-16/h5-6,13-14,16H,1-4,7-12H2,(H,21,24)/b6-5+. The van der Waals surface area contributed by atoms with Crippen molar-refractivity contribution in [2.45, 2.75) is 25.7 Å². The molecule has 2 aliphatic rings. The molecule has 3 rings (SSSR count). The Morgan fingerprint density at radius 3 is 2.62 bits per heavy atom. The number of hydrogen-bond acceptors (Lipinski definition) is 4. The Bertz CT molecular complexity index is 647. The summed E-state index contributed by atoms with van der Waals surface area (Å²) >= 11 is 5.01. The number of piperazine rings is 1. The molecule has 1 aromatic rings. The number of rotatable bonds is 6. The van der Waals surface area contributed by atoms with E-state index in [1.165, 1.54) is 12.8 Å². The third kappa shape index (κ3) is 5.66. The first-order chi connectivity index (χ1) is 12.6. The van der Waals surface area contributed by atoms with Crippen molar-refractivity contribution in [3.05, 3.63) is 26.9 Å². The summed E-state index contributed by atoms with van der Waals surface area (Å²) in [5.41, 5.74) is 1.03. The third-order valence-corrected chi connectivity index (χ3v) is 6.65. The van der Waals surface area contributed by atoms with Crippen LogP contribution in [0.25, 0.3) is 6.08 Å². The molecule has 2 amide bonds. The fourth-order valence-corrected chi connectivity index (χ4v) is 4.75. The number of thiophene rings is 1. The number of nitrogens with zero attached hydrogens (tertiary/aromatic N) is 2. The van der Waals surface area contributed by atoms with Crippen molar-refractivity contribution in [3.8, 4) is 0 Å². The second-order valence-electron chi connectivity index (χ2n) is 6.96. The monoisotopic (exact) mass is 439 g/mol. The Morgan fingerprint density at radius 1 is 1.23 bits per heavy atom. The summed E-state index contributed by atoms with van der Waals surface area (Å²) in [5.74, 6) is 0.569. The normalized spacial score (nSPS) is 19.3. The van der Waals surface area contributed by atoms with Gasteiger partial charge in [-0.25, -0.2) is 0 Å². The van der Waals surface area contributed by atoms with Crippen molar-refractivity contribution in [2.24, 2.45) is 5.92 Å². The Morgan fingerprint density at radius 2 is 1.96 bits per heavy atom. The van der Waals surface area contributed by atoms with Gasteiger partial charge in [-0.05, 0) is 51.9 Å². The van der Waals surface area contributed by atoms with Crippen LogP contribution < -0.4 is 5.32 Å². The van der Waals surface area contributed by atoms with Gasteiger partial charge < -0.3 is 10.2 Å². The smallest absolute Gasteiger partial charge is 0.244 e. The summed E-state index contributed by atoms with van der Waals surface area (Å²) in [6, 6.07) is 1.99. The highest BCUT2D eigenvalue weighted by Crippen LogP contribution is 2.26. The number of halogens is 1. The second kappa shape index (κ2) is 9.67. The number of amides is 2. The topological polar surface area (TPSA) is 52.7 Å². The zero-order chi connectivity index (χ0) is 18.4. The summed E-state index contributed by atoms with van der Waals surface area (Å²) < 4.78 is 1.06. The average Bonchev–Trinajstić information content (AvgIpc) is 3.32. The molecule has 26 heavy (non-hydrogen) atoms. The van der Waals surface area contributed by atoms with Crippen molar-refractivity contribution in [1.29, 1.82) is 0 Å². The fourth-order valence-electron chi connectivity index (χ4n) is 3.60. The molecule has 0 spiro atoms. The van der Waals surface area contributed by atoms with Crippen molar-refractivity contribution >= 4 is 45.2 Å². The zero-order valence-corrected chi connectivity index (χ0v) is 17.4. The Kier molecular flexibility index (Phi) is 7.28. The van der Waals surface area contributed by atoms with Gasteiger partial charge in [0.05, 0.1) is 3.79 Å². The minimum Gasteiger partial charge on any atom is -0.351 e. The summed E-state index contributed by atoms with van der Waals surface area (Å²) in [6.07, 6.45) is 7.95. The first-order valence-corrected chi connectivity index (χ1v) is 11.0. The van der Waals surface area contributed by atoms with E-state index >= 15 is 0 Å². The summed E-state index contributed by atoms with van der Waals surface area (Å²) in [6.45, 7) is 4.88. The molecule has 0 atom stereocenters. The SMILES string of the molecule is O=C(/C=C/c1csc(Br)c1)NCCN1CCN(C(=O)C2CCCC2)CC1. The number of nitrogens with one attached hydrogen (secondary N) is 1. The van der Waals surface area contributed by atoms with Gasteiger partial charge in [0.15, 0.2) is 0 Å². The largest absolute Gasteiger partial charge is 0.351 e. The van der Waals surface area contributed by atoms with Gasteiger partial charge in [0.2, 0.25) is 11.8 Å². The van der Waals surface area contributed by atoms with E-state index in [1.54, 1.807) is 17.4 Å². The Balaban J connectivity index is 1.31. The quantitative estimate of drug-likeness (QED) is 0.693. The minimum absolute atomic E-state index is 0.0673. The lowest BCUT2D eigenvalue weighted by Gasteiger charge is -2.36. The highest BCUT2D eigenvalue weighted by molar-refractivity contribution is 9.11. The average molecular weight is 440 g/mol.